The molecule has 2 N–H and O–H groups in total. The van der Waals surface area contributed by atoms with Gasteiger partial charge in [0.1, 0.15) is 11.9 Å². The Balaban J connectivity index is 1.88. The average Bonchev–Trinajstić information content (AvgIpc) is 2.88. The number of benzene rings is 1. The highest BCUT2D eigenvalue weighted by Gasteiger charge is 2.25. The van der Waals surface area contributed by atoms with Crippen molar-refractivity contribution in [1.82, 2.24) is 5.32 Å². The Hall–Kier alpha value is -1.88. The summed E-state index contributed by atoms with van der Waals surface area (Å²) in [6.45, 7) is 2.74. The van der Waals surface area contributed by atoms with E-state index < -0.39 is 0 Å². The molecule has 1 amide bonds. The van der Waals surface area contributed by atoms with Gasteiger partial charge in [0.25, 0.3) is 0 Å². The van der Waals surface area contributed by atoms with Crippen LogP contribution in [0.4, 0.5) is 5.69 Å². The molecule has 0 aliphatic carbocycles. The number of hydrogen-bond acceptors (Lipinski definition) is 4. The first-order valence-corrected chi connectivity index (χ1v) is 7.01. The fourth-order valence-corrected chi connectivity index (χ4v) is 2.71. The van der Waals surface area contributed by atoms with Gasteiger partial charge in [-0.25, -0.2) is 0 Å². The Morgan fingerprint density at radius 3 is 3.00 bits per heavy atom. The summed E-state index contributed by atoms with van der Waals surface area (Å²) in [5, 5.41) is 6.00. The second kappa shape index (κ2) is 5.25. The molecule has 3 rings (SSSR count). The molecule has 2 unspecified atom stereocenters. The number of ether oxygens (including phenoxy) is 1. The van der Waals surface area contributed by atoms with Crippen molar-refractivity contribution in [2.75, 3.05) is 11.9 Å². The van der Waals surface area contributed by atoms with E-state index in [0.29, 0.717) is 23.4 Å². The number of nitrogens with one attached hydrogen (secondary N) is 2. The topological polar surface area (TPSA) is 67.4 Å². The van der Waals surface area contributed by atoms with E-state index >= 15 is 0 Å². The summed E-state index contributed by atoms with van der Waals surface area (Å²) in [6.07, 6.45) is 2.06. The van der Waals surface area contributed by atoms with Gasteiger partial charge < -0.3 is 15.4 Å². The molecule has 0 saturated carbocycles. The third kappa shape index (κ3) is 2.54. The van der Waals surface area contributed by atoms with Crippen molar-refractivity contribution in [3.05, 3.63) is 23.8 Å². The minimum atomic E-state index is -0.158. The van der Waals surface area contributed by atoms with Crippen LogP contribution in [0.1, 0.15) is 36.5 Å². The van der Waals surface area contributed by atoms with Gasteiger partial charge in [0, 0.05) is 5.56 Å². The van der Waals surface area contributed by atoms with Crippen molar-refractivity contribution < 1.29 is 14.3 Å². The van der Waals surface area contributed by atoms with Crippen LogP contribution in [-0.4, -0.2) is 30.4 Å². The Morgan fingerprint density at radius 1 is 1.40 bits per heavy atom. The zero-order chi connectivity index (χ0) is 14.1. The third-order valence-corrected chi connectivity index (χ3v) is 3.72. The number of hydrogen-bond donors (Lipinski definition) is 2. The Labute approximate surface area is 117 Å². The van der Waals surface area contributed by atoms with E-state index in [2.05, 4.69) is 10.6 Å². The monoisotopic (exact) mass is 274 g/mol. The van der Waals surface area contributed by atoms with Crippen LogP contribution < -0.4 is 15.4 Å². The van der Waals surface area contributed by atoms with Gasteiger partial charge in [-0.3, -0.25) is 9.59 Å². The largest absolute Gasteiger partial charge is 0.488 e. The highest BCUT2D eigenvalue weighted by molar-refractivity contribution is 6.02. The maximum atomic E-state index is 12.3. The molecule has 1 aromatic carbocycles. The smallest absolute Gasteiger partial charge is 0.228 e. The van der Waals surface area contributed by atoms with Gasteiger partial charge in [-0.15, -0.1) is 0 Å². The molecule has 0 spiro atoms. The number of amides is 1. The molecule has 0 bridgehead atoms. The molecule has 1 saturated heterocycles. The van der Waals surface area contributed by atoms with E-state index in [1.807, 2.05) is 6.92 Å². The number of carbonyl (C=O) groups is 2. The molecule has 1 aromatic rings. The lowest BCUT2D eigenvalue weighted by Crippen LogP contribution is -2.30. The maximum Gasteiger partial charge on any atom is 0.228 e. The number of fused-ring (bicyclic) bond motifs is 1. The van der Waals surface area contributed by atoms with Crippen LogP contribution in [0.25, 0.3) is 0 Å². The van der Waals surface area contributed by atoms with Gasteiger partial charge in [-0.05, 0) is 44.5 Å². The first-order valence-electron chi connectivity index (χ1n) is 7.01. The number of Topliss-reactive ketones (excluding diaryl/α,β-unsaturated/α-hetero) is 1. The van der Waals surface area contributed by atoms with Gasteiger partial charge in [0.2, 0.25) is 5.91 Å². The Kier molecular flexibility index (Phi) is 3.44. The predicted molar refractivity (Wildman–Crippen MR) is 75.1 cm³/mol. The third-order valence-electron chi connectivity index (χ3n) is 3.72. The molecule has 2 atom stereocenters. The van der Waals surface area contributed by atoms with Crippen molar-refractivity contribution in [2.24, 2.45) is 0 Å². The molecule has 20 heavy (non-hydrogen) atoms. The summed E-state index contributed by atoms with van der Waals surface area (Å²) in [6, 6.07) is 5.15. The van der Waals surface area contributed by atoms with E-state index in [0.717, 1.165) is 19.4 Å². The number of ketones is 1. The maximum absolute atomic E-state index is 12.3. The van der Waals surface area contributed by atoms with Crippen LogP contribution in [0, 0.1) is 0 Å². The van der Waals surface area contributed by atoms with Crippen LogP contribution in [0.15, 0.2) is 18.2 Å². The predicted octanol–water partition coefficient (Wildman–Crippen LogP) is 1.73. The van der Waals surface area contributed by atoms with Crippen LogP contribution in [0.5, 0.6) is 5.75 Å². The van der Waals surface area contributed by atoms with Crippen LogP contribution in [-0.2, 0) is 4.79 Å². The van der Waals surface area contributed by atoms with Crippen LogP contribution in [0.2, 0.25) is 0 Å². The van der Waals surface area contributed by atoms with Gasteiger partial charge in [0.05, 0.1) is 18.2 Å². The lowest BCUT2D eigenvalue weighted by Gasteiger charge is -2.13. The van der Waals surface area contributed by atoms with Gasteiger partial charge in [-0.1, -0.05) is 0 Å². The molecule has 2 aliphatic rings. The summed E-state index contributed by atoms with van der Waals surface area (Å²) < 4.78 is 5.68. The molecule has 0 aromatic heterocycles. The fraction of sp³-hybridized carbons (Fsp3) is 0.467. The summed E-state index contributed by atoms with van der Waals surface area (Å²) >= 11 is 0. The number of rotatable bonds is 2. The normalized spacial score (nSPS) is 25.4. The zero-order valence-electron chi connectivity index (χ0n) is 11.4. The molecule has 1 fully saturated rings. The standard InChI is InChI=1S/C15H18N2O3/c1-9-7-14(18)17-12-8-10(4-5-13(12)20-9)15(19)11-3-2-6-16-11/h4-5,8-9,11,16H,2-3,6-7H2,1H3,(H,17,18). The van der Waals surface area contributed by atoms with E-state index in [4.69, 9.17) is 4.74 Å². The zero-order valence-corrected chi connectivity index (χ0v) is 11.4. The molecule has 5 nitrogen and oxygen atoms in total. The van der Waals surface area contributed by atoms with E-state index in [1.54, 1.807) is 18.2 Å². The van der Waals surface area contributed by atoms with E-state index in [9.17, 15) is 9.59 Å². The lowest BCUT2D eigenvalue weighted by molar-refractivity contribution is -0.117. The van der Waals surface area contributed by atoms with Gasteiger partial charge in [-0.2, -0.15) is 0 Å². The quantitative estimate of drug-likeness (QED) is 0.806. The van der Waals surface area contributed by atoms with Crippen molar-refractivity contribution in [3.63, 3.8) is 0 Å². The summed E-state index contributed by atoms with van der Waals surface area (Å²) in [5.74, 6) is 0.621. The van der Waals surface area contributed by atoms with Crippen molar-refractivity contribution in [1.29, 1.82) is 0 Å². The molecule has 2 heterocycles. The van der Waals surface area contributed by atoms with Crippen LogP contribution >= 0.6 is 0 Å². The minimum Gasteiger partial charge on any atom is -0.488 e. The highest BCUT2D eigenvalue weighted by Crippen LogP contribution is 2.30. The molecule has 0 radical (unpaired) electrons. The van der Waals surface area contributed by atoms with Crippen molar-refractivity contribution >= 4 is 17.4 Å². The molecule has 2 aliphatic heterocycles. The Bertz CT molecular complexity index is 550. The van der Waals surface area contributed by atoms with Crippen LogP contribution in [0.3, 0.4) is 0 Å². The van der Waals surface area contributed by atoms with E-state index in [1.165, 1.54) is 0 Å². The van der Waals surface area contributed by atoms with Crippen molar-refractivity contribution in [2.45, 2.75) is 38.3 Å². The Morgan fingerprint density at radius 2 is 2.25 bits per heavy atom. The molecular formula is C15H18N2O3. The highest BCUT2D eigenvalue weighted by atomic mass is 16.5. The first kappa shape index (κ1) is 13.1. The first-order chi connectivity index (χ1) is 9.63. The van der Waals surface area contributed by atoms with Gasteiger partial charge >= 0.3 is 0 Å². The molecule has 5 heteroatoms. The molecule has 106 valence electrons. The van der Waals surface area contributed by atoms with Gasteiger partial charge in [0.15, 0.2) is 5.78 Å². The van der Waals surface area contributed by atoms with Crippen molar-refractivity contribution in [3.8, 4) is 5.75 Å². The summed E-state index contributed by atoms with van der Waals surface area (Å²) in [5.41, 5.74) is 1.20. The number of anilines is 1. The lowest BCUT2D eigenvalue weighted by atomic mass is 10.0. The van der Waals surface area contributed by atoms with E-state index in [-0.39, 0.29) is 23.8 Å². The minimum absolute atomic E-state index is 0.0804. The summed E-state index contributed by atoms with van der Waals surface area (Å²) in [4.78, 5) is 24.1. The second-order valence-electron chi connectivity index (χ2n) is 5.40. The second-order valence-corrected chi connectivity index (χ2v) is 5.40. The SMILES string of the molecule is CC1CC(=O)Nc2cc(C(=O)C3CCCN3)ccc2O1. The summed E-state index contributed by atoms with van der Waals surface area (Å²) in [7, 11) is 0. The molecular weight excluding hydrogens is 256 g/mol. The number of carbonyl (C=O) groups excluding carboxylic acids is 2. The fourth-order valence-electron chi connectivity index (χ4n) is 2.71. The average molecular weight is 274 g/mol.